The van der Waals surface area contributed by atoms with Crippen LogP contribution in [0.25, 0.3) is 0 Å². The number of carboxylic acid groups (broad SMARTS) is 1. The van der Waals surface area contributed by atoms with Gasteiger partial charge in [-0.05, 0) is 75.0 Å². The van der Waals surface area contributed by atoms with Crippen molar-refractivity contribution in [2.75, 3.05) is 6.61 Å². The number of rotatable bonds is 12. The fourth-order valence-electron chi connectivity index (χ4n) is 4.06. The van der Waals surface area contributed by atoms with Gasteiger partial charge in [0.05, 0.1) is 12.2 Å². The minimum absolute atomic E-state index is 0.0220. The van der Waals surface area contributed by atoms with Crippen LogP contribution in [0.4, 0.5) is 4.39 Å². The lowest BCUT2D eigenvalue weighted by Gasteiger charge is -2.24. The van der Waals surface area contributed by atoms with Gasteiger partial charge in [0.1, 0.15) is 18.5 Å². The smallest absolute Gasteiger partial charge is 0.303 e. The number of carbonyl (C=O) groups is 1. The van der Waals surface area contributed by atoms with E-state index >= 15 is 0 Å². The summed E-state index contributed by atoms with van der Waals surface area (Å²) < 4.78 is 19.8. The first-order valence-corrected chi connectivity index (χ1v) is 10.4. The number of hydrogen-bond donors (Lipinski definition) is 3. The Bertz CT molecular complexity index is 662. The number of allylic oxidation sites excluding steroid dienone is 2. The third-order valence-corrected chi connectivity index (χ3v) is 5.61. The van der Waals surface area contributed by atoms with Crippen LogP contribution < -0.4 is 4.74 Å². The lowest BCUT2D eigenvalue weighted by Crippen LogP contribution is -2.24. The van der Waals surface area contributed by atoms with Crippen LogP contribution in [-0.4, -0.2) is 46.3 Å². The Morgan fingerprint density at radius 3 is 2.59 bits per heavy atom. The molecule has 0 heterocycles. The van der Waals surface area contributed by atoms with E-state index in [1.54, 1.807) is 6.07 Å². The fraction of sp³-hybridized carbons (Fsp3) is 0.609. The molecule has 29 heavy (non-hydrogen) atoms. The molecule has 2 rings (SSSR count). The quantitative estimate of drug-likeness (QED) is 0.454. The van der Waals surface area contributed by atoms with Crippen molar-refractivity contribution >= 4 is 5.97 Å². The number of aliphatic hydroxyl groups is 2. The molecule has 0 saturated heterocycles. The van der Waals surface area contributed by atoms with E-state index in [9.17, 15) is 19.4 Å². The van der Waals surface area contributed by atoms with E-state index in [0.29, 0.717) is 37.9 Å². The molecule has 3 N–H and O–H groups in total. The molecule has 1 aliphatic carbocycles. The molecule has 0 amide bonds. The number of hydrogen-bond acceptors (Lipinski definition) is 4. The van der Waals surface area contributed by atoms with Gasteiger partial charge in [-0.2, -0.15) is 0 Å². The topological polar surface area (TPSA) is 87.0 Å². The van der Waals surface area contributed by atoms with Gasteiger partial charge in [0, 0.05) is 6.42 Å². The average Bonchev–Trinajstić information content (AvgIpc) is 2.93. The largest absolute Gasteiger partial charge is 0.491 e. The minimum atomic E-state index is -1.13. The van der Waals surface area contributed by atoms with Crippen LogP contribution in [0.1, 0.15) is 50.5 Å². The molecule has 1 saturated carbocycles. The zero-order valence-corrected chi connectivity index (χ0v) is 17.0. The minimum Gasteiger partial charge on any atom is -0.491 e. The predicted molar refractivity (Wildman–Crippen MR) is 110 cm³/mol. The monoisotopic (exact) mass is 408 g/mol. The van der Waals surface area contributed by atoms with Gasteiger partial charge in [0.25, 0.3) is 0 Å². The highest BCUT2D eigenvalue weighted by Crippen LogP contribution is 2.39. The van der Waals surface area contributed by atoms with Gasteiger partial charge in [-0.3, -0.25) is 4.79 Å². The SMILES string of the molecule is Cc1cccc(OCC(F)CCC2C(O)CC(O)C2CC/C=C/CCC(=O)O)c1. The van der Waals surface area contributed by atoms with Gasteiger partial charge >= 0.3 is 5.97 Å². The van der Waals surface area contributed by atoms with E-state index in [0.717, 1.165) is 5.56 Å². The van der Waals surface area contributed by atoms with E-state index in [-0.39, 0.29) is 31.3 Å². The van der Waals surface area contributed by atoms with E-state index < -0.39 is 24.3 Å². The Balaban J connectivity index is 1.75. The summed E-state index contributed by atoms with van der Waals surface area (Å²) in [5.41, 5.74) is 1.06. The summed E-state index contributed by atoms with van der Waals surface area (Å²) in [7, 11) is 0. The van der Waals surface area contributed by atoms with Gasteiger partial charge in [0.15, 0.2) is 0 Å². The van der Waals surface area contributed by atoms with Crippen molar-refractivity contribution in [1.82, 2.24) is 0 Å². The van der Waals surface area contributed by atoms with Crippen LogP contribution >= 0.6 is 0 Å². The van der Waals surface area contributed by atoms with Crippen molar-refractivity contribution in [2.45, 2.75) is 70.2 Å². The zero-order valence-electron chi connectivity index (χ0n) is 17.0. The average molecular weight is 409 g/mol. The second-order valence-corrected chi connectivity index (χ2v) is 7.98. The van der Waals surface area contributed by atoms with E-state index in [1.807, 2.05) is 37.3 Å². The molecule has 1 fully saturated rings. The van der Waals surface area contributed by atoms with Crippen molar-refractivity contribution in [3.05, 3.63) is 42.0 Å². The number of benzene rings is 1. The van der Waals surface area contributed by atoms with Crippen LogP contribution in [0.15, 0.2) is 36.4 Å². The van der Waals surface area contributed by atoms with Gasteiger partial charge in [0.2, 0.25) is 0 Å². The number of aliphatic hydroxyl groups excluding tert-OH is 2. The maximum absolute atomic E-state index is 14.3. The first-order chi connectivity index (χ1) is 13.9. The predicted octanol–water partition coefficient (Wildman–Crippen LogP) is 4.05. The number of aryl methyl sites for hydroxylation is 1. The van der Waals surface area contributed by atoms with Gasteiger partial charge in [-0.15, -0.1) is 0 Å². The Labute approximate surface area is 172 Å². The van der Waals surface area contributed by atoms with E-state index in [4.69, 9.17) is 9.84 Å². The number of carboxylic acids is 1. The Morgan fingerprint density at radius 2 is 1.90 bits per heavy atom. The maximum atomic E-state index is 14.3. The van der Waals surface area contributed by atoms with Crippen LogP contribution in [0.2, 0.25) is 0 Å². The molecule has 6 heteroatoms. The van der Waals surface area contributed by atoms with E-state index in [1.165, 1.54) is 0 Å². The Morgan fingerprint density at radius 1 is 1.21 bits per heavy atom. The van der Waals surface area contributed by atoms with Crippen molar-refractivity contribution in [3.63, 3.8) is 0 Å². The summed E-state index contributed by atoms with van der Waals surface area (Å²) in [5.74, 6) is -0.374. The lowest BCUT2D eigenvalue weighted by atomic mass is 9.85. The highest BCUT2D eigenvalue weighted by molar-refractivity contribution is 5.66. The molecule has 5 unspecified atom stereocenters. The zero-order chi connectivity index (χ0) is 21.2. The molecule has 0 radical (unpaired) electrons. The second kappa shape index (κ2) is 11.9. The standard InChI is InChI=1S/C23H33FO5/c1-16-7-6-8-18(13-16)29-15-17(24)11-12-20-19(21(25)14-22(20)26)9-4-2-3-5-10-23(27)28/h2-3,6-8,13,17,19-22,25-26H,4-5,9-12,14-15H2,1H3,(H,27,28)/b3-2+. The molecule has 1 aromatic carbocycles. The summed E-state index contributed by atoms with van der Waals surface area (Å²) in [6.07, 6.45) is 4.54. The Kier molecular flexibility index (Phi) is 9.61. The molecule has 0 bridgehead atoms. The first-order valence-electron chi connectivity index (χ1n) is 10.4. The number of aliphatic carboxylic acids is 1. The second-order valence-electron chi connectivity index (χ2n) is 7.98. The number of halogens is 1. The normalized spacial score (nSPS) is 25.4. The number of alkyl halides is 1. The van der Waals surface area contributed by atoms with Gasteiger partial charge < -0.3 is 20.1 Å². The molecule has 1 aromatic rings. The number of ether oxygens (including phenoxy) is 1. The van der Waals surface area contributed by atoms with Crippen LogP contribution in [0, 0.1) is 18.8 Å². The molecule has 5 atom stereocenters. The van der Waals surface area contributed by atoms with E-state index in [2.05, 4.69) is 0 Å². The van der Waals surface area contributed by atoms with Crippen molar-refractivity contribution < 1.29 is 29.2 Å². The van der Waals surface area contributed by atoms with Crippen molar-refractivity contribution in [1.29, 1.82) is 0 Å². The lowest BCUT2D eigenvalue weighted by molar-refractivity contribution is -0.136. The summed E-state index contributed by atoms with van der Waals surface area (Å²) in [6, 6.07) is 7.49. The highest BCUT2D eigenvalue weighted by atomic mass is 19.1. The van der Waals surface area contributed by atoms with Crippen molar-refractivity contribution in [3.8, 4) is 5.75 Å². The first kappa shape index (κ1) is 23.4. The molecule has 5 nitrogen and oxygen atoms in total. The highest BCUT2D eigenvalue weighted by Gasteiger charge is 2.40. The molecule has 1 aliphatic rings. The van der Waals surface area contributed by atoms with Crippen LogP contribution in [-0.2, 0) is 4.79 Å². The fourth-order valence-corrected chi connectivity index (χ4v) is 4.06. The molecule has 162 valence electrons. The molecule has 0 aliphatic heterocycles. The van der Waals surface area contributed by atoms with Crippen LogP contribution in [0.5, 0.6) is 5.75 Å². The Hall–Kier alpha value is -1.92. The molecular weight excluding hydrogens is 375 g/mol. The summed E-state index contributed by atoms with van der Waals surface area (Å²) in [5, 5.41) is 29.2. The maximum Gasteiger partial charge on any atom is 0.303 e. The van der Waals surface area contributed by atoms with Crippen molar-refractivity contribution in [2.24, 2.45) is 11.8 Å². The molecule has 0 spiro atoms. The third kappa shape index (κ3) is 8.15. The molecule has 0 aromatic heterocycles. The third-order valence-electron chi connectivity index (χ3n) is 5.61. The summed E-state index contributed by atoms with van der Waals surface area (Å²) >= 11 is 0. The summed E-state index contributed by atoms with van der Waals surface area (Å²) in [6.45, 7) is 1.93. The van der Waals surface area contributed by atoms with Gasteiger partial charge in [-0.1, -0.05) is 24.3 Å². The summed E-state index contributed by atoms with van der Waals surface area (Å²) in [4.78, 5) is 10.5. The van der Waals surface area contributed by atoms with Gasteiger partial charge in [-0.25, -0.2) is 4.39 Å². The van der Waals surface area contributed by atoms with Crippen LogP contribution in [0.3, 0.4) is 0 Å². The molecular formula is C23H33FO5.